The lowest BCUT2D eigenvalue weighted by molar-refractivity contribution is 0.276. The first-order valence-electron chi connectivity index (χ1n) is 7.28. The maximum absolute atomic E-state index is 11.2. The minimum Gasteiger partial charge on any atom is -0.382 e. The Balaban J connectivity index is 2.07. The summed E-state index contributed by atoms with van der Waals surface area (Å²) in [7, 11) is -3.31. The van der Waals surface area contributed by atoms with Crippen molar-refractivity contribution in [3.8, 4) is 0 Å². The van der Waals surface area contributed by atoms with E-state index in [-0.39, 0.29) is 0 Å². The predicted molar refractivity (Wildman–Crippen MR) is 89.5 cm³/mol. The quantitative estimate of drug-likeness (QED) is 0.878. The van der Waals surface area contributed by atoms with Crippen LogP contribution in [0.2, 0.25) is 5.02 Å². The maximum Gasteiger partial charge on any atom is 0.229 e. The molecule has 0 aliphatic heterocycles. The minimum atomic E-state index is -3.31. The summed E-state index contributed by atoms with van der Waals surface area (Å²) in [5.74, 6) is 1.42. The Morgan fingerprint density at radius 3 is 2.52 bits per heavy atom. The number of benzene rings is 1. The molecule has 0 heterocycles. The molecular weight excluding hydrogens is 308 g/mol. The number of rotatable bonds is 4. The van der Waals surface area contributed by atoms with Crippen LogP contribution in [0.4, 0.5) is 11.4 Å². The minimum absolute atomic E-state index is 0.405. The zero-order chi connectivity index (χ0) is 15.6. The van der Waals surface area contributed by atoms with Gasteiger partial charge in [-0.15, -0.1) is 0 Å². The van der Waals surface area contributed by atoms with Crippen molar-refractivity contribution < 1.29 is 8.42 Å². The van der Waals surface area contributed by atoms with Crippen molar-refractivity contribution in [3.63, 3.8) is 0 Å². The average molecular weight is 331 g/mol. The second-order valence-corrected chi connectivity index (χ2v) is 8.37. The third kappa shape index (κ3) is 4.78. The van der Waals surface area contributed by atoms with E-state index in [2.05, 4.69) is 23.9 Å². The van der Waals surface area contributed by atoms with Crippen molar-refractivity contribution >= 4 is 33.0 Å². The summed E-state index contributed by atoms with van der Waals surface area (Å²) in [5, 5.41) is 3.93. The molecule has 1 aromatic rings. The molecule has 1 fully saturated rings. The predicted octanol–water partition coefficient (Wildman–Crippen LogP) is 3.95. The van der Waals surface area contributed by atoms with Crippen LogP contribution in [0.1, 0.15) is 33.1 Å². The van der Waals surface area contributed by atoms with E-state index in [0.717, 1.165) is 24.3 Å². The molecule has 1 aliphatic carbocycles. The Morgan fingerprint density at radius 2 is 1.95 bits per heavy atom. The number of anilines is 2. The van der Waals surface area contributed by atoms with E-state index in [0.29, 0.717) is 22.7 Å². The smallest absolute Gasteiger partial charge is 0.229 e. The van der Waals surface area contributed by atoms with Crippen LogP contribution >= 0.6 is 11.6 Å². The van der Waals surface area contributed by atoms with Gasteiger partial charge in [0.1, 0.15) is 0 Å². The van der Waals surface area contributed by atoms with E-state index in [1.54, 1.807) is 12.1 Å². The third-order valence-electron chi connectivity index (χ3n) is 4.05. The normalized spacial score (nSPS) is 26.4. The van der Waals surface area contributed by atoms with Gasteiger partial charge in [0.2, 0.25) is 10.0 Å². The molecule has 3 atom stereocenters. The van der Waals surface area contributed by atoms with Crippen LogP contribution in [0, 0.1) is 11.8 Å². The fourth-order valence-corrected chi connectivity index (χ4v) is 3.84. The van der Waals surface area contributed by atoms with Crippen LogP contribution < -0.4 is 10.0 Å². The van der Waals surface area contributed by atoms with Gasteiger partial charge < -0.3 is 5.32 Å². The highest BCUT2D eigenvalue weighted by Crippen LogP contribution is 2.32. The summed E-state index contributed by atoms with van der Waals surface area (Å²) in [5.41, 5.74) is 1.35. The monoisotopic (exact) mass is 330 g/mol. The molecular formula is C15H23ClN2O2S. The molecule has 0 saturated heterocycles. The van der Waals surface area contributed by atoms with Gasteiger partial charge in [0.25, 0.3) is 0 Å². The maximum atomic E-state index is 11.2. The number of hydrogen-bond donors (Lipinski definition) is 2. The molecule has 4 nitrogen and oxygen atoms in total. The molecule has 118 valence electrons. The molecule has 1 aliphatic rings. The fourth-order valence-electron chi connectivity index (χ4n) is 2.98. The van der Waals surface area contributed by atoms with Gasteiger partial charge in [-0.1, -0.05) is 25.4 Å². The first kappa shape index (κ1) is 16.4. The standard InChI is InChI=1S/C15H23ClN2O2S/c1-10-4-6-14(11(2)8-10)17-12-5-7-15(13(16)9-12)18-21(3,19)20/h5,7,9-11,14,17-18H,4,6,8H2,1-3H3. The first-order valence-corrected chi connectivity index (χ1v) is 9.55. The average Bonchev–Trinajstić information content (AvgIpc) is 2.35. The van der Waals surface area contributed by atoms with Gasteiger partial charge in [-0.3, -0.25) is 4.72 Å². The zero-order valence-electron chi connectivity index (χ0n) is 12.7. The van der Waals surface area contributed by atoms with Crippen LogP contribution in [0.25, 0.3) is 0 Å². The second-order valence-electron chi connectivity index (χ2n) is 6.22. The Hall–Kier alpha value is -0.940. The van der Waals surface area contributed by atoms with Crippen molar-refractivity contribution in [2.45, 2.75) is 39.2 Å². The summed E-state index contributed by atoms with van der Waals surface area (Å²) in [6, 6.07) is 5.79. The molecule has 2 N–H and O–H groups in total. The molecule has 0 radical (unpaired) electrons. The lowest BCUT2D eigenvalue weighted by Crippen LogP contribution is -2.32. The third-order valence-corrected chi connectivity index (χ3v) is 4.95. The molecule has 6 heteroatoms. The van der Waals surface area contributed by atoms with Crippen LogP contribution in [0.15, 0.2) is 18.2 Å². The van der Waals surface area contributed by atoms with Crippen molar-refractivity contribution in [1.82, 2.24) is 0 Å². The van der Waals surface area contributed by atoms with Gasteiger partial charge >= 0.3 is 0 Å². The van der Waals surface area contributed by atoms with Crippen LogP contribution in [-0.4, -0.2) is 20.7 Å². The Kier molecular flexibility index (Phi) is 5.04. The highest BCUT2D eigenvalue weighted by molar-refractivity contribution is 7.92. The summed E-state index contributed by atoms with van der Waals surface area (Å²) in [4.78, 5) is 0. The second kappa shape index (κ2) is 6.44. The van der Waals surface area contributed by atoms with E-state index in [9.17, 15) is 8.42 Å². The van der Waals surface area contributed by atoms with E-state index in [4.69, 9.17) is 11.6 Å². The van der Waals surface area contributed by atoms with Crippen molar-refractivity contribution in [2.24, 2.45) is 11.8 Å². The topological polar surface area (TPSA) is 58.2 Å². The van der Waals surface area contributed by atoms with Gasteiger partial charge in [0.05, 0.1) is 17.0 Å². The Morgan fingerprint density at radius 1 is 1.24 bits per heavy atom. The molecule has 1 saturated carbocycles. The van der Waals surface area contributed by atoms with Gasteiger partial charge in [-0.2, -0.15) is 0 Å². The van der Waals surface area contributed by atoms with Gasteiger partial charge in [-0.05, 0) is 49.3 Å². The molecule has 3 unspecified atom stereocenters. The highest BCUT2D eigenvalue weighted by Gasteiger charge is 2.25. The van der Waals surface area contributed by atoms with Crippen molar-refractivity contribution in [2.75, 3.05) is 16.3 Å². The number of halogens is 1. The number of sulfonamides is 1. The van der Waals surface area contributed by atoms with E-state index in [1.807, 2.05) is 6.07 Å². The molecule has 0 amide bonds. The van der Waals surface area contributed by atoms with Gasteiger partial charge in [0.15, 0.2) is 0 Å². The van der Waals surface area contributed by atoms with E-state index in [1.165, 1.54) is 12.8 Å². The van der Waals surface area contributed by atoms with Crippen LogP contribution in [0.3, 0.4) is 0 Å². The largest absolute Gasteiger partial charge is 0.382 e. The molecule has 21 heavy (non-hydrogen) atoms. The zero-order valence-corrected chi connectivity index (χ0v) is 14.3. The molecule has 0 spiro atoms. The molecule has 0 bridgehead atoms. The summed E-state index contributed by atoms with van der Waals surface area (Å²) < 4.78 is 24.9. The highest BCUT2D eigenvalue weighted by atomic mass is 35.5. The van der Waals surface area contributed by atoms with Crippen LogP contribution in [-0.2, 0) is 10.0 Å². The molecule has 2 rings (SSSR count). The van der Waals surface area contributed by atoms with E-state index >= 15 is 0 Å². The van der Waals surface area contributed by atoms with E-state index < -0.39 is 10.0 Å². The number of hydrogen-bond acceptors (Lipinski definition) is 3. The fraction of sp³-hybridized carbons (Fsp3) is 0.600. The number of nitrogens with one attached hydrogen (secondary N) is 2. The van der Waals surface area contributed by atoms with Crippen molar-refractivity contribution in [1.29, 1.82) is 0 Å². The Bertz CT molecular complexity index is 604. The lowest BCUT2D eigenvalue weighted by atomic mass is 9.80. The molecule has 0 aromatic heterocycles. The summed E-state index contributed by atoms with van der Waals surface area (Å²) >= 11 is 6.15. The summed E-state index contributed by atoms with van der Waals surface area (Å²) in [6.45, 7) is 4.57. The lowest BCUT2D eigenvalue weighted by Gasteiger charge is -2.34. The SMILES string of the molecule is CC1CCC(Nc2ccc(NS(C)(=O)=O)c(Cl)c2)C(C)C1. The summed E-state index contributed by atoms with van der Waals surface area (Å²) in [6.07, 6.45) is 4.74. The molecule has 1 aromatic carbocycles. The van der Waals surface area contributed by atoms with Gasteiger partial charge in [0, 0.05) is 11.7 Å². The Labute approximate surface area is 132 Å². The van der Waals surface area contributed by atoms with Gasteiger partial charge in [-0.25, -0.2) is 8.42 Å². The van der Waals surface area contributed by atoms with Crippen molar-refractivity contribution in [3.05, 3.63) is 23.2 Å². The first-order chi connectivity index (χ1) is 9.74. The van der Waals surface area contributed by atoms with Crippen LogP contribution in [0.5, 0.6) is 0 Å².